The Hall–Kier alpha value is -2.99. The number of nitrogens with one attached hydrogen (secondary N) is 1. The number of amides is 2. The molecule has 0 spiro atoms. The highest BCUT2D eigenvalue weighted by Crippen LogP contribution is 2.68. The van der Waals surface area contributed by atoms with Crippen LogP contribution in [0.3, 0.4) is 0 Å². The predicted octanol–water partition coefficient (Wildman–Crippen LogP) is 1.90. The molecule has 2 bridgehead atoms. The Balaban J connectivity index is 1.46. The molecule has 2 aromatic rings. The zero-order valence-corrected chi connectivity index (χ0v) is 18.5. The van der Waals surface area contributed by atoms with E-state index < -0.39 is 41.1 Å². The van der Waals surface area contributed by atoms with E-state index in [4.69, 9.17) is 5.11 Å². The fourth-order valence-corrected chi connectivity index (χ4v) is 9.46. The summed E-state index contributed by atoms with van der Waals surface area (Å²) in [5.41, 5.74) is 0.659. The summed E-state index contributed by atoms with van der Waals surface area (Å²) >= 11 is 2.59. The van der Waals surface area contributed by atoms with E-state index >= 15 is 0 Å². The van der Waals surface area contributed by atoms with E-state index in [1.54, 1.807) is 12.1 Å². The van der Waals surface area contributed by atoms with Crippen LogP contribution in [0.15, 0.2) is 34.1 Å². The van der Waals surface area contributed by atoms with Gasteiger partial charge in [-0.25, -0.2) is 0 Å². The van der Waals surface area contributed by atoms with Crippen molar-refractivity contribution in [3.63, 3.8) is 0 Å². The van der Waals surface area contributed by atoms with E-state index in [2.05, 4.69) is 4.98 Å². The number of imide groups is 1. The molecule has 7 atom stereocenters. The molecule has 3 fully saturated rings. The highest BCUT2D eigenvalue weighted by molar-refractivity contribution is 8.00. The Morgan fingerprint density at radius 2 is 1.94 bits per heavy atom. The number of thiazole rings is 1. The molecule has 2 aliphatic carbocycles. The number of benzene rings is 1. The monoisotopic (exact) mass is 487 g/mol. The van der Waals surface area contributed by atoms with Gasteiger partial charge in [-0.1, -0.05) is 23.5 Å². The third-order valence-corrected chi connectivity index (χ3v) is 10.1. The van der Waals surface area contributed by atoms with E-state index in [0.717, 1.165) is 21.1 Å². The Labute approximate surface area is 194 Å². The lowest BCUT2D eigenvalue weighted by molar-refractivity contribution is -0.384. The number of aromatic amines is 1. The number of nitro groups is 1. The summed E-state index contributed by atoms with van der Waals surface area (Å²) in [6.07, 6.45) is 0.667. The number of hydrogen-bond donors (Lipinski definition) is 2. The van der Waals surface area contributed by atoms with Gasteiger partial charge in [-0.15, -0.1) is 11.8 Å². The lowest BCUT2D eigenvalue weighted by Crippen LogP contribution is -2.42. The van der Waals surface area contributed by atoms with Crippen molar-refractivity contribution in [2.24, 2.45) is 29.6 Å². The number of carboxylic acid groups (broad SMARTS) is 1. The van der Waals surface area contributed by atoms with Crippen molar-refractivity contribution in [3.05, 3.63) is 54.5 Å². The molecule has 2 amide bonds. The van der Waals surface area contributed by atoms with Crippen molar-refractivity contribution < 1.29 is 24.4 Å². The van der Waals surface area contributed by atoms with Crippen molar-refractivity contribution in [2.75, 3.05) is 6.54 Å². The molecule has 33 heavy (non-hydrogen) atoms. The Morgan fingerprint density at radius 1 is 1.21 bits per heavy atom. The standard InChI is InChI=1S/C21H17N3O7S2/c25-11(26)6-23-19(27)14-9-5-10(15(14)20(23)28)16-13(9)12(17-18(32-16)22-21(29)33-17)7-2-1-3-8(4-7)24(30)31/h1-4,9-10,12-16H,5-6H2,(H,22,29)(H,25,26)/t9-,10+,12+,13+,14+,15+,16+/m0/s1. The minimum atomic E-state index is -1.23. The highest BCUT2D eigenvalue weighted by Gasteiger charge is 2.69. The number of hydrogen-bond acceptors (Lipinski definition) is 8. The number of aromatic nitrogens is 1. The lowest BCUT2D eigenvalue weighted by Gasteiger charge is -2.43. The third kappa shape index (κ3) is 2.80. The first-order chi connectivity index (χ1) is 15.8. The molecular weight excluding hydrogens is 470 g/mol. The van der Waals surface area contributed by atoms with Crippen molar-refractivity contribution >= 4 is 46.6 Å². The van der Waals surface area contributed by atoms with Crippen molar-refractivity contribution in [3.8, 4) is 0 Å². The van der Waals surface area contributed by atoms with E-state index in [9.17, 15) is 29.3 Å². The number of rotatable bonds is 4. The van der Waals surface area contributed by atoms with Gasteiger partial charge in [0.1, 0.15) is 6.54 Å². The predicted molar refractivity (Wildman–Crippen MR) is 116 cm³/mol. The van der Waals surface area contributed by atoms with Gasteiger partial charge in [0.05, 0.1) is 21.8 Å². The average Bonchev–Trinajstić information content (AvgIpc) is 3.49. The summed E-state index contributed by atoms with van der Waals surface area (Å²) in [7, 11) is 0. The van der Waals surface area contributed by atoms with Gasteiger partial charge in [-0.2, -0.15) is 0 Å². The molecule has 1 aromatic heterocycles. The maximum atomic E-state index is 13.1. The maximum absolute atomic E-state index is 13.1. The molecule has 12 heteroatoms. The van der Waals surface area contributed by atoms with Crippen LogP contribution in [0.25, 0.3) is 0 Å². The summed E-state index contributed by atoms with van der Waals surface area (Å²) in [5.74, 6) is -3.92. The third-order valence-electron chi connectivity index (χ3n) is 7.55. The number of nitrogens with zero attached hydrogens (tertiary/aromatic N) is 2. The molecule has 10 nitrogen and oxygen atoms in total. The molecule has 3 heterocycles. The van der Waals surface area contributed by atoms with Crippen LogP contribution in [0, 0.1) is 39.7 Å². The molecule has 0 unspecified atom stereocenters. The van der Waals surface area contributed by atoms with Gasteiger partial charge in [-0.3, -0.25) is 34.2 Å². The van der Waals surface area contributed by atoms with Gasteiger partial charge < -0.3 is 10.1 Å². The number of aliphatic carboxylic acids is 1. The second-order valence-corrected chi connectivity index (χ2v) is 11.2. The topological polar surface area (TPSA) is 151 Å². The zero-order valence-electron chi connectivity index (χ0n) is 16.9. The molecule has 1 aromatic carbocycles. The number of nitro benzene ring substituents is 1. The second kappa shape index (κ2) is 7.00. The fourth-order valence-electron chi connectivity index (χ4n) is 6.57. The first kappa shape index (κ1) is 20.6. The number of carbonyl (C=O) groups excluding carboxylic acids is 2. The fraction of sp³-hybridized carbons (Fsp3) is 0.429. The average molecular weight is 488 g/mol. The number of carbonyl (C=O) groups is 3. The highest BCUT2D eigenvalue weighted by atomic mass is 32.2. The number of carboxylic acids is 1. The van der Waals surface area contributed by atoms with Crippen LogP contribution < -0.4 is 4.87 Å². The molecule has 4 aliphatic rings. The minimum Gasteiger partial charge on any atom is -0.480 e. The largest absolute Gasteiger partial charge is 0.480 e. The molecule has 6 rings (SSSR count). The van der Waals surface area contributed by atoms with E-state index in [1.165, 1.54) is 23.9 Å². The zero-order chi connectivity index (χ0) is 23.2. The van der Waals surface area contributed by atoms with Crippen molar-refractivity contribution in [1.29, 1.82) is 0 Å². The molecule has 2 aliphatic heterocycles. The molecular formula is C21H17N3O7S2. The lowest BCUT2D eigenvalue weighted by atomic mass is 9.68. The molecule has 2 N–H and O–H groups in total. The van der Waals surface area contributed by atoms with Crippen LogP contribution in [0.1, 0.15) is 22.8 Å². The number of H-pyrrole nitrogens is 1. The summed E-state index contributed by atoms with van der Waals surface area (Å²) in [6, 6.07) is 6.36. The van der Waals surface area contributed by atoms with Crippen molar-refractivity contribution in [2.45, 2.75) is 22.6 Å². The smallest absolute Gasteiger partial charge is 0.323 e. The first-order valence-corrected chi connectivity index (χ1v) is 12.2. The van der Waals surface area contributed by atoms with Crippen LogP contribution in [-0.2, 0) is 14.4 Å². The van der Waals surface area contributed by atoms with E-state index in [0.29, 0.717) is 17.0 Å². The minimum absolute atomic E-state index is 0.0486. The van der Waals surface area contributed by atoms with Crippen LogP contribution in [0.5, 0.6) is 0 Å². The molecule has 170 valence electrons. The van der Waals surface area contributed by atoms with Gasteiger partial charge in [0.15, 0.2) is 0 Å². The normalized spacial score (nSPS) is 33.7. The van der Waals surface area contributed by atoms with E-state index in [-0.39, 0.29) is 39.5 Å². The second-order valence-electron chi connectivity index (χ2n) is 8.97. The van der Waals surface area contributed by atoms with Gasteiger partial charge in [0.25, 0.3) is 5.69 Å². The molecule has 0 radical (unpaired) electrons. The molecule has 2 saturated carbocycles. The summed E-state index contributed by atoms with van der Waals surface area (Å²) < 4.78 is 0. The van der Waals surface area contributed by atoms with Crippen LogP contribution in [-0.4, -0.2) is 49.5 Å². The number of likely N-dealkylation sites (tertiary alicyclic amines) is 1. The summed E-state index contributed by atoms with van der Waals surface area (Å²) in [4.78, 5) is 64.9. The van der Waals surface area contributed by atoms with Crippen LogP contribution in [0.2, 0.25) is 0 Å². The Bertz CT molecular complexity index is 1300. The number of non-ortho nitro benzene ring substituents is 1. The number of fused-ring (bicyclic) bond motifs is 9. The molecule has 1 saturated heterocycles. The Kier molecular flexibility index (Phi) is 4.37. The van der Waals surface area contributed by atoms with Gasteiger partial charge in [0, 0.05) is 28.2 Å². The Morgan fingerprint density at radius 3 is 2.64 bits per heavy atom. The SMILES string of the molecule is O=C(O)CN1C(=O)[C@@H]2[C@H]3C[C@@H]([C@H]4Sc5[nH]c(=O)sc5[C@H](c5cccc([N+](=O)[O-])c5)[C@@H]34)[C@H]2C1=O. The van der Waals surface area contributed by atoms with Crippen molar-refractivity contribution in [1.82, 2.24) is 9.88 Å². The quantitative estimate of drug-likeness (QED) is 0.377. The van der Waals surface area contributed by atoms with E-state index in [1.807, 2.05) is 0 Å². The van der Waals surface area contributed by atoms with Gasteiger partial charge in [0.2, 0.25) is 11.8 Å². The summed E-state index contributed by atoms with van der Waals surface area (Å²) in [6.45, 7) is -0.637. The van der Waals surface area contributed by atoms with Gasteiger partial charge in [-0.05, 0) is 29.7 Å². The number of thioether (sulfide) groups is 1. The first-order valence-electron chi connectivity index (χ1n) is 10.5. The summed E-state index contributed by atoms with van der Waals surface area (Å²) in [5, 5.41) is 21.2. The van der Waals surface area contributed by atoms with Crippen LogP contribution >= 0.6 is 23.1 Å². The maximum Gasteiger partial charge on any atom is 0.323 e. The van der Waals surface area contributed by atoms with Gasteiger partial charge >= 0.3 is 10.8 Å². The van der Waals surface area contributed by atoms with Crippen LogP contribution in [0.4, 0.5) is 5.69 Å².